The minimum absolute atomic E-state index is 0.00116. The van der Waals surface area contributed by atoms with Gasteiger partial charge in [0.15, 0.2) is 0 Å². The van der Waals surface area contributed by atoms with E-state index in [0.717, 1.165) is 57.8 Å². The van der Waals surface area contributed by atoms with Crippen molar-refractivity contribution in [3.63, 3.8) is 0 Å². The minimum Gasteiger partial charge on any atom is -0.466 e. The van der Waals surface area contributed by atoms with Crippen LogP contribution in [0.1, 0.15) is 361 Å². The molecule has 0 aromatic heterocycles. The monoisotopic (exact) mass is 1070 g/mol. The Hall–Kier alpha value is -2.18. The maximum atomic E-state index is 12.5. The number of hydrogen-bond acceptors (Lipinski definition) is 5. The average molecular weight is 1070 g/mol. The van der Waals surface area contributed by atoms with Gasteiger partial charge in [-0.15, -0.1) is 0 Å². The second-order valence-electron chi connectivity index (χ2n) is 23.1. The van der Waals surface area contributed by atoms with Crippen LogP contribution in [0.15, 0.2) is 48.6 Å². The summed E-state index contributed by atoms with van der Waals surface area (Å²) in [5.74, 6) is -0.0315. The molecule has 446 valence electrons. The van der Waals surface area contributed by atoms with E-state index in [1.54, 1.807) is 0 Å². The molecule has 6 nitrogen and oxygen atoms in total. The fourth-order valence-electron chi connectivity index (χ4n) is 10.4. The first-order valence-electron chi connectivity index (χ1n) is 33.9. The lowest BCUT2D eigenvalue weighted by Gasteiger charge is -2.22. The maximum Gasteiger partial charge on any atom is 0.305 e. The van der Waals surface area contributed by atoms with Crippen molar-refractivity contribution in [2.24, 2.45) is 0 Å². The summed E-state index contributed by atoms with van der Waals surface area (Å²) in [6.07, 6.45) is 84.5. The molecule has 0 saturated heterocycles. The van der Waals surface area contributed by atoms with E-state index in [2.05, 4.69) is 67.8 Å². The highest BCUT2D eigenvalue weighted by Gasteiger charge is 2.20. The zero-order valence-corrected chi connectivity index (χ0v) is 51.0. The van der Waals surface area contributed by atoms with Gasteiger partial charge in [0.25, 0.3) is 0 Å². The third-order valence-corrected chi connectivity index (χ3v) is 15.6. The Bertz CT molecular complexity index is 1270. The van der Waals surface area contributed by atoms with Gasteiger partial charge in [0.1, 0.15) is 0 Å². The van der Waals surface area contributed by atoms with Gasteiger partial charge in [0, 0.05) is 12.8 Å². The van der Waals surface area contributed by atoms with Crippen molar-refractivity contribution in [3.8, 4) is 0 Å². The molecule has 0 saturated carbocycles. The van der Waals surface area contributed by atoms with Gasteiger partial charge < -0.3 is 20.3 Å². The summed E-state index contributed by atoms with van der Waals surface area (Å²) in [6, 6.07) is -0.538. The molecule has 0 aromatic rings. The molecule has 3 N–H and O–H groups in total. The molecule has 2 atom stereocenters. The smallest absolute Gasteiger partial charge is 0.305 e. The van der Waals surface area contributed by atoms with Crippen LogP contribution >= 0.6 is 0 Å². The van der Waals surface area contributed by atoms with Gasteiger partial charge in [-0.3, -0.25) is 9.59 Å². The highest BCUT2D eigenvalue weighted by atomic mass is 16.5. The number of hydrogen-bond donors (Lipinski definition) is 3. The van der Waals surface area contributed by atoms with Crippen LogP contribution in [0.4, 0.5) is 0 Å². The number of unbranched alkanes of at least 4 members (excludes halogenated alkanes) is 44. The van der Waals surface area contributed by atoms with Crippen LogP contribution in [0, 0.1) is 0 Å². The van der Waals surface area contributed by atoms with E-state index in [1.165, 1.54) is 270 Å². The van der Waals surface area contributed by atoms with Crippen molar-refractivity contribution in [1.29, 1.82) is 0 Å². The lowest BCUT2D eigenvalue weighted by Crippen LogP contribution is -2.45. The highest BCUT2D eigenvalue weighted by Crippen LogP contribution is 2.18. The van der Waals surface area contributed by atoms with Crippen molar-refractivity contribution < 1.29 is 24.5 Å². The van der Waals surface area contributed by atoms with Crippen LogP contribution in [0.5, 0.6) is 0 Å². The van der Waals surface area contributed by atoms with Crippen LogP contribution < -0.4 is 5.32 Å². The standard InChI is InChI=1S/C70H131NO5/c1-3-5-7-9-11-13-15-39-44-48-52-56-60-64-70(75)76-65-61-57-53-49-45-41-38-36-34-32-30-28-26-24-22-20-18-16-17-19-21-23-25-27-29-31-33-35-37-40-43-47-51-55-59-63-69(74)71-67(66-72)68(73)62-58-54-50-46-42-14-12-10-8-6-4-2/h7,9,13,15,18,20,24,26,67-68,72-73H,3-6,8,10-12,14,16-17,19,21-23,25,27-66H2,1-2H3,(H,71,74)/b9-7-,15-13-,20-18-,26-24-. The van der Waals surface area contributed by atoms with Gasteiger partial charge in [-0.2, -0.15) is 0 Å². The normalized spacial score (nSPS) is 12.8. The third-order valence-electron chi connectivity index (χ3n) is 15.6. The van der Waals surface area contributed by atoms with Crippen molar-refractivity contribution in [1.82, 2.24) is 5.32 Å². The molecule has 6 heteroatoms. The van der Waals surface area contributed by atoms with Gasteiger partial charge in [-0.05, 0) is 83.5 Å². The number of amides is 1. The third kappa shape index (κ3) is 61.0. The molecule has 0 spiro atoms. The molecule has 0 rings (SSSR count). The first-order valence-corrected chi connectivity index (χ1v) is 33.9. The molecule has 1 amide bonds. The van der Waals surface area contributed by atoms with Crippen molar-refractivity contribution >= 4 is 11.9 Å². The molecule has 0 aliphatic heterocycles. The lowest BCUT2D eigenvalue weighted by molar-refractivity contribution is -0.143. The SMILES string of the molecule is CCC/C=C\C/C=C\CCCCCCCC(=O)OCCCCCCCCCCCCC/C=C\C/C=C\CCCCCCCCCCCCCCCCCCCC(=O)NC(CO)C(O)CCCCCCCCCCCCC. The van der Waals surface area contributed by atoms with Crippen LogP contribution in [-0.4, -0.2) is 47.4 Å². The van der Waals surface area contributed by atoms with Crippen LogP contribution in [0.3, 0.4) is 0 Å². The molecular formula is C70H131NO5. The number of nitrogens with one attached hydrogen (secondary N) is 1. The van der Waals surface area contributed by atoms with Crippen LogP contribution in [0.25, 0.3) is 0 Å². The molecular weight excluding hydrogens is 935 g/mol. The molecule has 76 heavy (non-hydrogen) atoms. The lowest BCUT2D eigenvalue weighted by atomic mass is 10.0. The Kier molecular flexibility index (Phi) is 63.5. The Labute approximate surface area is 474 Å². The van der Waals surface area contributed by atoms with E-state index in [1.807, 2.05) is 0 Å². The first-order chi connectivity index (χ1) is 37.5. The van der Waals surface area contributed by atoms with Crippen molar-refractivity contribution in [3.05, 3.63) is 48.6 Å². The number of allylic oxidation sites excluding steroid dienone is 8. The van der Waals surface area contributed by atoms with E-state index >= 15 is 0 Å². The zero-order chi connectivity index (χ0) is 55.0. The van der Waals surface area contributed by atoms with E-state index in [9.17, 15) is 19.8 Å². The summed E-state index contributed by atoms with van der Waals surface area (Å²) in [5.41, 5.74) is 0. The number of aliphatic hydroxyl groups excluding tert-OH is 2. The molecule has 0 aliphatic rings. The quantitative estimate of drug-likeness (QED) is 0.0320. The summed E-state index contributed by atoms with van der Waals surface area (Å²) < 4.78 is 5.47. The van der Waals surface area contributed by atoms with Gasteiger partial charge in [0.2, 0.25) is 5.91 Å². The zero-order valence-electron chi connectivity index (χ0n) is 51.0. The Morgan fingerprint density at radius 2 is 0.684 bits per heavy atom. The molecule has 0 aliphatic carbocycles. The summed E-state index contributed by atoms with van der Waals surface area (Å²) in [4.78, 5) is 24.5. The van der Waals surface area contributed by atoms with E-state index in [4.69, 9.17) is 4.74 Å². The number of ether oxygens (including phenoxy) is 1. The maximum absolute atomic E-state index is 12.5. The Morgan fingerprint density at radius 1 is 0.368 bits per heavy atom. The summed E-state index contributed by atoms with van der Waals surface area (Å²) >= 11 is 0. The molecule has 0 radical (unpaired) electrons. The first kappa shape index (κ1) is 73.8. The second-order valence-corrected chi connectivity index (χ2v) is 23.1. The van der Waals surface area contributed by atoms with Crippen molar-refractivity contribution in [2.75, 3.05) is 13.2 Å². The van der Waals surface area contributed by atoms with Gasteiger partial charge in [0.05, 0.1) is 25.4 Å². The molecule has 0 aromatic carbocycles. The largest absolute Gasteiger partial charge is 0.466 e. The second kappa shape index (κ2) is 65.3. The molecule has 0 bridgehead atoms. The minimum atomic E-state index is -0.661. The van der Waals surface area contributed by atoms with Gasteiger partial charge in [-0.25, -0.2) is 0 Å². The van der Waals surface area contributed by atoms with Gasteiger partial charge in [-0.1, -0.05) is 313 Å². The summed E-state index contributed by atoms with van der Waals surface area (Å²) in [6.45, 7) is 4.89. The summed E-state index contributed by atoms with van der Waals surface area (Å²) in [7, 11) is 0. The number of aliphatic hydroxyl groups is 2. The molecule has 0 fully saturated rings. The Balaban J connectivity index is 3.36. The number of carbonyl (C=O) groups excluding carboxylic acids is 2. The number of rotatable bonds is 63. The number of carbonyl (C=O) groups is 2. The fraction of sp³-hybridized carbons (Fsp3) is 0.857. The fourth-order valence-corrected chi connectivity index (χ4v) is 10.4. The van der Waals surface area contributed by atoms with Crippen LogP contribution in [0.2, 0.25) is 0 Å². The van der Waals surface area contributed by atoms with E-state index in [0.29, 0.717) is 25.9 Å². The summed E-state index contributed by atoms with van der Waals surface area (Å²) in [5, 5.41) is 23.2. The van der Waals surface area contributed by atoms with Gasteiger partial charge >= 0.3 is 5.97 Å². The predicted octanol–water partition coefficient (Wildman–Crippen LogP) is 21.7. The van der Waals surface area contributed by atoms with E-state index in [-0.39, 0.29) is 18.5 Å². The Morgan fingerprint density at radius 3 is 1.05 bits per heavy atom. The molecule has 0 heterocycles. The molecule has 2 unspecified atom stereocenters. The topological polar surface area (TPSA) is 95.9 Å². The average Bonchev–Trinajstić information content (AvgIpc) is 3.42. The van der Waals surface area contributed by atoms with Crippen LogP contribution in [-0.2, 0) is 14.3 Å². The predicted molar refractivity (Wildman–Crippen MR) is 333 cm³/mol. The highest BCUT2D eigenvalue weighted by molar-refractivity contribution is 5.76. The van der Waals surface area contributed by atoms with E-state index < -0.39 is 12.1 Å². The van der Waals surface area contributed by atoms with Crippen molar-refractivity contribution in [2.45, 2.75) is 373 Å². The number of esters is 1.